The predicted molar refractivity (Wildman–Crippen MR) is 92.1 cm³/mol. The highest BCUT2D eigenvalue weighted by Gasteiger charge is 2.50. The average molecular weight is 325 g/mol. The molecule has 0 saturated heterocycles. The lowest BCUT2D eigenvalue weighted by atomic mass is 9.49. The average Bonchev–Trinajstić information content (AvgIpc) is 2.99. The number of nitrogens with one attached hydrogen (secondary N) is 2. The maximum Gasteiger partial charge on any atom is 0.339 e. The van der Waals surface area contributed by atoms with Crippen molar-refractivity contribution < 1.29 is 9.90 Å². The van der Waals surface area contributed by atoms with Crippen LogP contribution in [0.15, 0.2) is 18.5 Å². The number of nitrogens with zero attached hydrogens (tertiary/aromatic N) is 1. The number of fused-ring (bicyclic) bond motifs is 1. The number of carboxylic acids is 1. The number of carbonyl (C=O) groups is 1. The van der Waals surface area contributed by atoms with Crippen LogP contribution in [0, 0.1) is 23.2 Å². The molecule has 0 amide bonds. The number of carboxylic acid groups (broad SMARTS) is 1. The van der Waals surface area contributed by atoms with Gasteiger partial charge in [0.1, 0.15) is 11.2 Å². The van der Waals surface area contributed by atoms with Crippen LogP contribution in [0.5, 0.6) is 0 Å². The van der Waals surface area contributed by atoms with E-state index in [1.165, 1.54) is 44.7 Å². The van der Waals surface area contributed by atoms with E-state index in [4.69, 9.17) is 0 Å². The fourth-order valence-corrected chi connectivity index (χ4v) is 6.14. The molecule has 4 saturated carbocycles. The summed E-state index contributed by atoms with van der Waals surface area (Å²) in [6.45, 7) is 0.890. The Bertz CT molecular complexity index is 775. The Hall–Kier alpha value is -2.04. The fourth-order valence-electron chi connectivity index (χ4n) is 6.14. The molecule has 6 rings (SSSR count). The molecule has 4 aliphatic rings. The van der Waals surface area contributed by atoms with Crippen LogP contribution in [0.4, 0.5) is 5.69 Å². The Labute approximate surface area is 140 Å². The highest BCUT2D eigenvalue weighted by Crippen LogP contribution is 2.60. The van der Waals surface area contributed by atoms with Gasteiger partial charge in [-0.25, -0.2) is 9.78 Å². The van der Waals surface area contributed by atoms with E-state index >= 15 is 0 Å². The standard InChI is InChI=1S/C19H23N3O2/c23-18(24)15-9-21-17-14(1-2-20-17)16(15)22-10-19-6-11-3-12(7-19)5-13(4-11)8-19/h1-2,9,11-13H,3-8,10H2,(H,23,24)(H2,20,21,22). The molecule has 126 valence electrons. The van der Waals surface area contributed by atoms with Crippen LogP contribution in [0.25, 0.3) is 11.0 Å². The van der Waals surface area contributed by atoms with E-state index in [-0.39, 0.29) is 5.56 Å². The number of hydrogen-bond donors (Lipinski definition) is 3. The lowest BCUT2D eigenvalue weighted by Crippen LogP contribution is -2.49. The monoisotopic (exact) mass is 325 g/mol. The maximum atomic E-state index is 11.6. The summed E-state index contributed by atoms with van der Waals surface area (Å²) >= 11 is 0. The van der Waals surface area contributed by atoms with Gasteiger partial charge < -0.3 is 15.4 Å². The zero-order valence-electron chi connectivity index (χ0n) is 13.7. The first-order chi connectivity index (χ1) is 11.6. The number of hydrogen-bond acceptors (Lipinski definition) is 3. The van der Waals surface area contributed by atoms with Crippen molar-refractivity contribution in [2.75, 3.05) is 11.9 Å². The Morgan fingerprint density at radius 1 is 1.25 bits per heavy atom. The van der Waals surface area contributed by atoms with Crippen molar-refractivity contribution in [3.63, 3.8) is 0 Å². The number of rotatable bonds is 4. The Morgan fingerprint density at radius 2 is 1.92 bits per heavy atom. The molecule has 2 heterocycles. The quantitative estimate of drug-likeness (QED) is 0.797. The minimum absolute atomic E-state index is 0.270. The number of pyridine rings is 1. The molecule has 0 atom stereocenters. The molecule has 4 fully saturated rings. The smallest absolute Gasteiger partial charge is 0.339 e. The van der Waals surface area contributed by atoms with E-state index in [1.807, 2.05) is 12.3 Å². The van der Waals surface area contributed by atoms with Gasteiger partial charge in [-0.3, -0.25) is 0 Å². The summed E-state index contributed by atoms with van der Waals surface area (Å²) in [5.74, 6) is 1.80. The van der Waals surface area contributed by atoms with Crippen molar-refractivity contribution >= 4 is 22.7 Å². The Balaban J connectivity index is 1.46. The minimum Gasteiger partial charge on any atom is -0.478 e. The SMILES string of the molecule is O=C(O)c1cnc2[nH]ccc2c1NCC12CC3CC(CC(C3)C1)C2. The summed E-state index contributed by atoms with van der Waals surface area (Å²) in [6.07, 6.45) is 11.5. The molecule has 5 nitrogen and oxygen atoms in total. The molecule has 0 unspecified atom stereocenters. The molecule has 2 aromatic rings. The van der Waals surface area contributed by atoms with E-state index in [0.29, 0.717) is 5.41 Å². The van der Waals surface area contributed by atoms with Crippen molar-refractivity contribution in [2.24, 2.45) is 23.2 Å². The number of aromatic nitrogens is 2. The van der Waals surface area contributed by atoms with Gasteiger partial charge in [-0.15, -0.1) is 0 Å². The van der Waals surface area contributed by atoms with E-state index in [9.17, 15) is 9.90 Å². The lowest BCUT2D eigenvalue weighted by Gasteiger charge is -2.57. The molecule has 2 aromatic heterocycles. The van der Waals surface area contributed by atoms with Crippen LogP contribution >= 0.6 is 0 Å². The van der Waals surface area contributed by atoms with Crippen LogP contribution in [0.3, 0.4) is 0 Å². The van der Waals surface area contributed by atoms with Crippen molar-refractivity contribution in [2.45, 2.75) is 38.5 Å². The maximum absolute atomic E-state index is 11.6. The van der Waals surface area contributed by atoms with E-state index < -0.39 is 5.97 Å². The largest absolute Gasteiger partial charge is 0.478 e. The molecule has 4 aliphatic carbocycles. The molecule has 0 aromatic carbocycles. The molecule has 24 heavy (non-hydrogen) atoms. The van der Waals surface area contributed by atoms with Crippen LogP contribution in [-0.4, -0.2) is 27.6 Å². The van der Waals surface area contributed by atoms with Crippen molar-refractivity contribution in [3.05, 3.63) is 24.0 Å². The van der Waals surface area contributed by atoms with Crippen molar-refractivity contribution in [1.29, 1.82) is 0 Å². The van der Waals surface area contributed by atoms with Gasteiger partial charge in [0.15, 0.2) is 0 Å². The fraction of sp³-hybridized carbons (Fsp3) is 0.579. The van der Waals surface area contributed by atoms with Gasteiger partial charge in [-0.1, -0.05) is 0 Å². The second kappa shape index (κ2) is 4.98. The normalized spacial score (nSPS) is 33.9. The number of aromatic carboxylic acids is 1. The van der Waals surface area contributed by atoms with Crippen molar-refractivity contribution in [3.8, 4) is 0 Å². The van der Waals surface area contributed by atoms with Crippen LogP contribution in [0.1, 0.15) is 48.9 Å². The van der Waals surface area contributed by atoms with Gasteiger partial charge in [-0.2, -0.15) is 0 Å². The van der Waals surface area contributed by atoms with E-state index in [1.54, 1.807) is 0 Å². The van der Waals surface area contributed by atoms with Gasteiger partial charge in [0.2, 0.25) is 0 Å². The second-order valence-electron chi connectivity index (χ2n) is 8.36. The second-order valence-corrected chi connectivity index (χ2v) is 8.36. The molecule has 0 spiro atoms. The number of aromatic amines is 1. The third-order valence-electron chi connectivity index (χ3n) is 6.62. The third kappa shape index (κ3) is 2.14. The summed E-state index contributed by atoms with van der Waals surface area (Å²) in [5.41, 5.74) is 2.11. The summed E-state index contributed by atoms with van der Waals surface area (Å²) in [6, 6.07) is 1.91. The number of H-pyrrole nitrogens is 1. The minimum atomic E-state index is -0.918. The van der Waals surface area contributed by atoms with Crippen LogP contribution in [0.2, 0.25) is 0 Å². The summed E-state index contributed by atoms with van der Waals surface area (Å²) in [5, 5.41) is 13.9. The predicted octanol–water partition coefficient (Wildman–Crippen LogP) is 3.89. The van der Waals surface area contributed by atoms with Crippen LogP contribution < -0.4 is 5.32 Å². The summed E-state index contributed by atoms with van der Waals surface area (Å²) in [7, 11) is 0. The third-order valence-corrected chi connectivity index (χ3v) is 6.62. The Morgan fingerprint density at radius 3 is 2.54 bits per heavy atom. The van der Waals surface area contributed by atoms with Gasteiger partial charge >= 0.3 is 5.97 Å². The summed E-state index contributed by atoms with van der Waals surface area (Å²) < 4.78 is 0. The first kappa shape index (κ1) is 14.3. The van der Waals surface area contributed by atoms with E-state index in [0.717, 1.165) is 41.0 Å². The van der Waals surface area contributed by atoms with Crippen molar-refractivity contribution in [1.82, 2.24) is 9.97 Å². The first-order valence-electron chi connectivity index (χ1n) is 9.05. The topological polar surface area (TPSA) is 78.0 Å². The molecule has 0 aliphatic heterocycles. The van der Waals surface area contributed by atoms with Gasteiger partial charge in [-0.05, 0) is 67.8 Å². The number of anilines is 1. The lowest BCUT2D eigenvalue weighted by molar-refractivity contribution is -0.0444. The molecule has 4 bridgehead atoms. The zero-order chi connectivity index (χ0) is 16.3. The van der Waals surface area contributed by atoms with Crippen LogP contribution in [-0.2, 0) is 0 Å². The van der Waals surface area contributed by atoms with Gasteiger partial charge in [0.05, 0.1) is 5.69 Å². The van der Waals surface area contributed by atoms with E-state index in [2.05, 4.69) is 15.3 Å². The van der Waals surface area contributed by atoms with Gasteiger partial charge in [0.25, 0.3) is 0 Å². The summed E-state index contributed by atoms with van der Waals surface area (Å²) in [4.78, 5) is 18.9. The Kier molecular flexibility index (Phi) is 2.97. The molecular weight excluding hydrogens is 302 g/mol. The highest BCUT2D eigenvalue weighted by molar-refractivity contribution is 6.03. The van der Waals surface area contributed by atoms with Gasteiger partial charge in [0, 0.05) is 24.3 Å². The zero-order valence-corrected chi connectivity index (χ0v) is 13.7. The highest BCUT2D eigenvalue weighted by atomic mass is 16.4. The molecule has 3 N–H and O–H groups in total. The molecule has 0 radical (unpaired) electrons. The first-order valence-corrected chi connectivity index (χ1v) is 9.05. The molecular formula is C19H23N3O2. The molecule has 5 heteroatoms.